The molecule has 1 amide bonds. The van der Waals surface area contributed by atoms with Crippen LogP contribution in [0.4, 0.5) is 0 Å². The van der Waals surface area contributed by atoms with E-state index in [9.17, 15) is 9.59 Å². The van der Waals surface area contributed by atoms with Gasteiger partial charge >= 0.3 is 5.97 Å². The average Bonchev–Trinajstić information content (AvgIpc) is 2.62. The van der Waals surface area contributed by atoms with E-state index in [4.69, 9.17) is 5.11 Å². The van der Waals surface area contributed by atoms with Gasteiger partial charge in [0.05, 0.1) is 0 Å². The molecule has 0 spiro atoms. The fourth-order valence-electron chi connectivity index (χ4n) is 1.32. The van der Waals surface area contributed by atoms with E-state index >= 15 is 0 Å². The van der Waals surface area contributed by atoms with Gasteiger partial charge in [0.1, 0.15) is 0 Å². The van der Waals surface area contributed by atoms with Gasteiger partial charge in [0.2, 0.25) is 5.91 Å². The first kappa shape index (κ1) is 36.8. The number of allylic oxidation sites excluding steroid dienone is 4. The molecule has 4 nitrogen and oxygen atoms in total. The van der Waals surface area contributed by atoms with Crippen molar-refractivity contribution in [3.8, 4) is 0 Å². The highest BCUT2D eigenvalue weighted by Gasteiger charge is 1.99. The fraction of sp³-hybridized carbons (Fsp3) is 0.583. The molecule has 2 N–H and O–H groups in total. The number of carboxylic acid groups (broad SMARTS) is 1. The first-order valence-electron chi connectivity index (χ1n) is 10.1. The summed E-state index contributed by atoms with van der Waals surface area (Å²) < 4.78 is 0. The Labute approximate surface area is 175 Å². The molecule has 0 bridgehead atoms. The van der Waals surface area contributed by atoms with Gasteiger partial charge < -0.3 is 10.4 Å². The van der Waals surface area contributed by atoms with Crippen molar-refractivity contribution < 1.29 is 14.7 Å². The van der Waals surface area contributed by atoms with Crippen LogP contribution in [0.15, 0.2) is 50.6 Å². The Hall–Kier alpha value is -2.10. The molecule has 0 radical (unpaired) electrons. The second-order valence-electron chi connectivity index (χ2n) is 5.61. The van der Waals surface area contributed by atoms with E-state index < -0.39 is 5.97 Å². The minimum Gasteiger partial charge on any atom is -0.481 e. The highest BCUT2D eigenvalue weighted by Crippen LogP contribution is 1.97. The molecule has 0 atom stereocenters. The SMILES string of the molecule is C=CC.C=CC.C=CC.C=CCCCCC.CCCC(=O)NCCCC(=O)O. The number of unbranched alkanes of at least 4 members (excludes halogenated alkanes) is 3. The Morgan fingerprint density at radius 3 is 1.61 bits per heavy atom. The van der Waals surface area contributed by atoms with Crippen molar-refractivity contribution in [2.45, 2.75) is 86.0 Å². The smallest absolute Gasteiger partial charge is 0.303 e. The molecule has 0 saturated heterocycles. The monoisotopic (exact) mass is 397 g/mol. The van der Waals surface area contributed by atoms with Crippen molar-refractivity contribution in [2.75, 3.05) is 6.54 Å². The Balaban J connectivity index is -0.0000000930. The molecule has 0 saturated carbocycles. The van der Waals surface area contributed by atoms with Gasteiger partial charge in [0.15, 0.2) is 0 Å². The van der Waals surface area contributed by atoms with Crippen LogP contribution in [-0.4, -0.2) is 23.5 Å². The standard InChI is InChI=1S/C8H15NO3.C7H14.3C3H6/c1-2-4-7(10)9-6-3-5-8(11)12;1-3-5-7-6-4-2;3*1-3-2/h2-6H2,1H3,(H,9,10)(H,11,12);3H,1,4-7H2,2H3;3*3H,1H2,2H3. The molecule has 0 rings (SSSR count). The van der Waals surface area contributed by atoms with Crippen LogP contribution in [0.5, 0.6) is 0 Å². The van der Waals surface area contributed by atoms with Crippen LogP contribution in [0, 0.1) is 0 Å². The lowest BCUT2D eigenvalue weighted by atomic mass is 10.2. The van der Waals surface area contributed by atoms with Gasteiger partial charge in [0.25, 0.3) is 0 Å². The number of aliphatic carboxylic acids is 1. The lowest BCUT2D eigenvalue weighted by Gasteiger charge is -2.01. The molecular weight excluding hydrogens is 350 g/mol. The van der Waals surface area contributed by atoms with E-state index in [1.165, 1.54) is 25.7 Å². The summed E-state index contributed by atoms with van der Waals surface area (Å²) in [5.41, 5.74) is 0. The van der Waals surface area contributed by atoms with Gasteiger partial charge in [-0.3, -0.25) is 9.59 Å². The Morgan fingerprint density at radius 2 is 1.29 bits per heavy atom. The summed E-state index contributed by atoms with van der Waals surface area (Å²) in [5, 5.41) is 10.9. The normalized spacial score (nSPS) is 7.61. The molecule has 0 aromatic heterocycles. The largest absolute Gasteiger partial charge is 0.481 e. The maximum atomic E-state index is 10.8. The zero-order valence-corrected chi connectivity index (χ0v) is 19.3. The third-order valence-corrected chi connectivity index (χ3v) is 2.38. The number of carbonyl (C=O) groups is 2. The van der Waals surface area contributed by atoms with Gasteiger partial charge in [-0.25, -0.2) is 0 Å². The molecule has 0 aromatic carbocycles. The first-order valence-corrected chi connectivity index (χ1v) is 10.1. The zero-order chi connectivity index (χ0) is 23.1. The molecule has 0 aromatic rings. The Morgan fingerprint density at radius 1 is 0.821 bits per heavy atom. The van der Waals surface area contributed by atoms with Crippen LogP contribution in [0.25, 0.3) is 0 Å². The van der Waals surface area contributed by atoms with E-state index in [-0.39, 0.29) is 12.3 Å². The average molecular weight is 398 g/mol. The summed E-state index contributed by atoms with van der Waals surface area (Å²) in [4.78, 5) is 20.9. The second-order valence-corrected chi connectivity index (χ2v) is 5.61. The van der Waals surface area contributed by atoms with E-state index in [1.54, 1.807) is 18.2 Å². The number of carboxylic acids is 1. The van der Waals surface area contributed by atoms with E-state index in [1.807, 2.05) is 33.8 Å². The van der Waals surface area contributed by atoms with Gasteiger partial charge in [-0.2, -0.15) is 0 Å². The highest BCUT2D eigenvalue weighted by molar-refractivity contribution is 5.75. The van der Waals surface area contributed by atoms with E-state index in [2.05, 4.69) is 38.6 Å². The molecule has 0 heterocycles. The molecule has 0 aliphatic heterocycles. The van der Waals surface area contributed by atoms with Gasteiger partial charge in [-0.05, 0) is 46.5 Å². The van der Waals surface area contributed by atoms with Gasteiger partial charge in [-0.15, -0.1) is 26.3 Å². The number of rotatable bonds is 10. The van der Waals surface area contributed by atoms with Crippen molar-refractivity contribution in [2.24, 2.45) is 0 Å². The quantitative estimate of drug-likeness (QED) is 0.305. The van der Waals surface area contributed by atoms with Gasteiger partial charge in [-0.1, -0.05) is 51.0 Å². The summed E-state index contributed by atoms with van der Waals surface area (Å²) >= 11 is 0. The van der Waals surface area contributed by atoms with Crippen molar-refractivity contribution in [1.82, 2.24) is 5.32 Å². The minimum absolute atomic E-state index is 0.00267. The third-order valence-electron chi connectivity index (χ3n) is 2.38. The predicted octanol–water partition coefficient (Wildman–Crippen LogP) is 7.10. The molecule has 0 aliphatic carbocycles. The van der Waals surface area contributed by atoms with Crippen LogP contribution >= 0.6 is 0 Å². The maximum Gasteiger partial charge on any atom is 0.303 e. The minimum atomic E-state index is -0.820. The summed E-state index contributed by atoms with van der Waals surface area (Å²) in [6, 6.07) is 0. The molecule has 0 aliphatic rings. The van der Waals surface area contributed by atoms with Crippen LogP contribution in [0.2, 0.25) is 0 Å². The van der Waals surface area contributed by atoms with Crippen molar-refractivity contribution in [3.05, 3.63) is 50.6 Å². The molecule has 166 valence electrons. The van der Waals surface area contributed by atoms with Crippen LogP contribution in [0.1, 0.15) is 86.0 Å². The Bertz CT molecular complexity index is 335. The van der Waals surface area contributed by atoms with Gasteiger partial charge in [0, 0.05) is 19.4 Å². The summed E-state index contributed by atoms with van der Waals surface area (Å²) in [7, 11) is 0. The lowest BCUT2D eigenvalue weighted by molar-refractivity contribution is -0.137. The topological polar surface area (TPSA) is 66.4 Å². The van der Waals surface area contributed by atoms with Crippen molar-refractivity contribution in [3.63, 3.8) is 0 Å². The number of nitrogens with one attached hydrogen (secondary N) is 1. The number of carbonyl (C=O) groups excluding carboxylic acids is 1. The number of hydrogen-bond acceptors (Lipinski definition) is 2. The molecule has 28 heavy (non-hydrogen) atoms. The molecule has 0 fully saturated rings. The predicted molar refractivity (Wildman–Crippen MR) is 127 cm³/mol. The highest BCUT2D eigenvalue weighted by atomic mass is 16.4. The number of amides is 1. The van der Waals surface area contributed by atoms with E-state index in [0.29, 0.717) is 19.4 Å². The first-order chi connectivity index (χ1) is 13.3. The summed E-state index contributed by atoms with van der Waals surface area (Å²) in [6.07, 6.45) is 14.4. The Kier molecular flexibility index (Phi) is 58.3. The number of hydrogen-bond donors (Lipinski definition) is 2. The molecule has 4 heteroatoms. The van der Waals surface area contributed by atoms with Crippen molar-refractivity contribution in [1.29, 1.82) is 0 Å². The summed E-state index contributed by atoms with van der Waals surface area (Å²) in [6.45, 7) is 24.0. The maximum absolute atomic E-state index is 10.8. The second kappa shape index (κ2) is 44.4. The van der Waals surface area contributed by atoms with Crippen molar-refractivity contribution >= 4 is 11.9 Å². The van der Waals surface area contributed by atoms with Crippen LogP contribution in [-0.2, 0) is 9.59 Å². The third kappa shape index (κ3) is 88.5. The van der Waals surface area contributed by atoms with E-state index in [0.717, 1.165) is 6.42 Å². The molecular formula is C24H47NO3. The fourth-order valence-corrected chi connectivity index (χ4v) is 1.32. The van der Waals surface area contributed by atoms with Crippen LogP contribution in [0.3, 0.4) is 0 Å². The zero-order valence-electron chi connectivity index (χ0n) is 19.3. The van der Waals surface area contributed by atoms with Crippen LogP contribution < -0.4 is 5.32 Å². The molecule has 0 unspecified atom stereocenters. The summed E-state index contributed by atoms with van der Waals surface area (Å²) in [5.74, 6) is -0.817. The lowest BCUT2D eigenvalue weighted by Crippen LogP contribution is -2.24.